The van der Waals surface area contributed by atoms with Crippen molar-refractivity contribution in [3.8, 4) is 0 Å². The fourth-order valence-corrected chi connectivity index (χ4v) is 2.92. The molecule has 0 atom stereocenters. The molecule has 2 N–H and O–H groups in total. The second-order valence-corrected chi connectivity index (χ2v) is 6.48. The van der Waals surface area contributed by atoms with E-state index < -0.39 is 0 Å². The van der Waals surface area contributed by atoms with Gasteiger partial charge in [0.2, 0.25) is 5.91 Å². The third-order valence-electron chi connectivity index (χ3n) is 4.27. The Morgan fingerprint density at radius 3 is 2.64 bits per heavy atom. The number of aryl methyl sites for hydroxylation is 3. The van der Waals surface area contributed by atoms with Gasteiger partial charge in [-0.15, -0.1) is 0 Å². The van der Waals surface area contributed by atoms with E-state index in [9.17, 15) is 9.59 Å². The van der Waals surface area contributed by atoms with Crippen LogP contribution in [-0.2, 0) is 17.8 Å². The molecule has 0 fully saturated rings. The van der Waals surface area contributed by atoms with E-state index in [2.05, 4.69) is 16.4 Å². The Morgan fingerprint density at radius 2 is 1.84 bits per heavy atom. The van der Waals surface area contributed by atoms with Crippen LogP contribution in [0.1, 0.15) is 28.7 Å². The molecule has 0 radical (unpaired) electrons. The molecule has 1 aromatic heterocycles. The molecule has 3 rings (SSSR count). The maximum Gasteiger partial charge on any atom is 0.251 e. The second kappa shape index (κ2) is 7.34. The van der Waals surface area contributed by atoms with Crippen LogP contribution in [0, 0.1) is 13.8 Å². The van der Waals surface area contributed by atoms with Crippen molar-refractivity contribution in [2.75, 3.05) is 0 Å². The van der Waals surface area contributed by atoms with Crippen LogP contribution in [0.5, 0.6) is 0 Å². The first-order valence-corrected chi connectivity index (χ1v) is 8.46. The summed E-state index contributed by atoms with van der Waals surface area (Å²) in [5, 5.41) is 3.91. The van der Waals surface area contributed by atoms with Crippen molar-refractivity contribution in [2.24, 2.45) is 0 Å². The summed E-state index contributed by atoms with van der Waals surface area (Å²) in [7, 11) is 0. The first-order valence-electron chi connectivity index (χ1n) is 8.46. The summed E-state index contributed by atoms with van der Waals surface area (Å²) in [6.07, 6.45) is 0.727. The van der Waals surface area contributed by atoms with E-state index in [1.807, 2.05) is 56.3 Å². The highest BCUT2D eigenvalue weighted by Crippen LogP contribution is 2.14. The Hall–Kier alpha value is -2.88. The topological polar surface area (TPSA) is 62.0 Å². The zero-order valence-electron chi connectivity index (χ0n) is 14.6. The molecule has 0 unspecified atom stereocenters. The SMILES string of the molecule is Cc1cccc(CNC(=O)CCc2cc3cc(C)ccc3[nH]c2=O)c1. The lowest BCUT2D eigenvalue weighted by Gasteiger charge is -2.07. The van der Waals surface area contributed by atoms with Gasteiger partial charge in [-0.25, -0.2) is 0 Å². The maximum absolute atomic E-state index is 12.2. The lowest BCUT2D eigenvalue weighted by Crippen LogP contribution is -2.24. The predicted molar refractivity (Wildman–Crippen MR) is 101 cm³/mol. The molecular weight excluding hydrogens is 312 g/mol. The van der Waals surface area contributed by atoms with E-state index in [0.717, 1.165) is 22.0 Å². The van der Waals surface area contributed by atoms with Crippen LogP contribution in [-0.4, -0.2) is 10.9 Å². The van der Waals surface area contributed by atoms with Crippen LogP contribution in [0.25, 0.3) is 10.9 Å². The summed E-state index contributed by atoms with van der Waals surface area (Å²) >= 11 is 0. The maximum atomic E-state index is 12.2. The highest BCUT2D eigenvalue weighted by molar-refractivity contribution is 5.80. The fraction of sp³-hybridized carbons (Fsp3) is 0.238. The Morgan fingerprint density at radius 1 is 1.04 bits per heavy atom. The highest BCUT2D eigenvalue weighted by Gasteiger charge is 2.07. The molecule has 3 aromatic rings. The molecule has 128 valence electrons. The minimum Gasteiger partial charge on any atom is -0.352 e. The van der Waals surface area contributed by atoms with Crippen molar-refractivity contribution >= 4 is 16.8 Å². The Labute approximate surface area is 146 Å². The minimum absolute atomic E-state index is 0.0507. The number of benzene rings is 2. The van der Waals surface area contributed by atoms with Gasteiger partial charge in [-0.3, -0.25) is 9.59 Å². The number of aromatic nitrogens is 1. The third-order valence-corrected chi connectivity index (χ3v) is 4.27. The van der Waals surface area contributed by atoms with Crippen molar-refractivity contribution in [3.63, 3.8) is 0 Å². The molecule has 0 saturated carbocycles. The van der Waals surface area contributed by atoms with Crippen LogP contribution in [0.3, 0.4) is 0 Å². The molecule has 0 aliphatic carbocycles. The fourth-order valence-electron chi connectivity index (χ4n) is 2.92. The van der Waals surface area contributed by atoms with Gasteiger partial charge < -0.3 is 10.3 Å². The molecule has 0 saturated heterocycles. The van der Waals surface area contributed by atoms with Gasteiger partial charge in [-0.05, 0) is 49.4 Å². The van der Waals surface area contributed by atoms with E-state index in [1.165, 1.54) is 5.56 Å². The number of aromatic amines is 1. The number of hydrogen-bond donors (Lipinski definition) is 2. The Balaban J connectivity index is 1.62. The van der Waals surface area contributed by atoms with Crippen molar-refractivity contribution < 1.29 is 4.79 Å². The molecule has 4 heteroatoms. The number of nitrogens with one attached hydrogen (secondary N) is 2. The van der Waals surface area contributed by atoms with Crippen LogP contribution in [0.2, 0.25) is 0 Å². The van der Waals surface area contributed by atoms with Gasteiger partial charge in [0.05, 0.1) is 0 Å². The largest absolute Gasteiger partial charge is 0.352 e. The molecule has 1 amide bonds. The molecule has 25 heavy (non-hydrogen) atoms. The van der Waals surface area contributed by atoms with E-state index in [0.29, 0.717) is 24.9 Å². The molecule has 2 aromatic carbocycles. The van der Waals surface area contributed by atoms with Crippen LogP contribution in [0.4, 0.5) is 0 Å². The van der Waals surface area contributed by atoms with Gasteiger partial charge in [-0.2, -0.15) is 0 Å². The second-order valence-electron chi connectivity index (χ2n) is 6.48. The molecule has 0 aliphatic rings. The number of amides is 1. The third kappa shape index (κ3) is 4.35. The normalized spacial score (nSPS) is 10.8. The number of rotatable bonds is 5. The van der Waals surface area contributed by atoms with Crippen molar-refractivity contribution in [2.45, 2.75) is 33.2 Å². The number of H-pyrrole nitrogens is 1. The average Bonchev–Trinajstić information content (AvgIpc) is 2.58. The Bertz CT molecular complexity index is 973. The number of pyridine rings is 1. The summed E-state index contributed by atoms with van der Waals surface area (Å²) in [6.45, 7) is 4.55. The molecule has 4 nitrogen and oxygen atoms in total. The van der Waals surface area contributed by atoms with Crippen LogP contribution < -0.4 is 10.9 Å². The molecular formula is C21H22N2O2. The van der Waals surface area contributed by atoms with Gasteiger partial charge in [0, 0.05) is 24.0 Å². The van der Waals surface area contributed by atoms with Gasteiger partial charge in [0.15, 0.2) is 0 Å². The first-order chi connectivity index (χ1) is 12.0. The van der Waals surface area contributed by atoms with Gasteiger partial charge in [0.25, 0.3) is 5.56 Å². The van der Waals surface area contributed by atoms with Gasteiger partial charge in [0.1, 0.15) is 0 Å². The van der Waals surface area contributed by atoms with Crippen LogP contribution in [0.15, 0.2) is 53.3 Å². The summed E-state index contributed by atoms with van der Waals surface area (Å²) in [5.74, 6) is -0.0507. The minimum atomic E-state index is -0.122. The monoisotopic (exact) mass is 334 g/mol. The standard InChI is InChI=1S/C21H22N2O2/c1-14-4-3-5-16(10-14)13-22-20(24)9-7-17-12-18-11-15(2)6-8-19(18)23-21(17)25/h3-6,8,10-12H,7,9,13H2,1-2H3,(H,22,24)(H,23,25). The quantitative estimate of drug-likeness (QED) is 0.751. The predicted octanol–water partition coefficient (Wildman–Crippen LogP) is 3.39. The first kappa shape index (κ1) is 17.0. The molecule has 0 spiro atoms. The number of carbonyl (C=O) groups excluding carboxylic acids is 1. The average molecular weight is 334 g/mol. The van der Waals surface area contributed by atoms with Gasteiger partial charge >= 0.3 is 0 Å². The van der Waals surface area contributed by atoms with Crippen molar-refractivity contribution in [3.05, 3.63) is 81.1 Å². The molecule has 0 aliphatic heterocycles. The zero-order valence-corrected chi connectivity index (χ0v) is 14.6. The summed E-state index contributed by atoms with van der Waals surface area (Å²) in [6, 6.07) is 15.8. The summed E-state index contributed by atoms with van der Waals surface area (Å²) < 4.78 is 0. The van der Waals surface area contributed by atoms with E-state index in [1.54, 1.807) is 0 Å². The molecule has 0 bridgehead atoms. The number of fused-ring (bicyclic) bond motifs is 1. The van der Waals surface area contributed by atoms with Gasteiger partial charge in [-0.1, -0.05) is 41.5 Å². The number of hydrogen-bond acceptors (Lipinski definition) is 2. The highest BCUT2D eigenvalue weighted by atomic mass is 16.1. The smallest absolute Gasteiger partial charge is 0.251 e. The summed E-state index contributed by atoms with van der Waals surface area (Å²) in [4.78, 5) is 27.1. The lowest BCUT2D eigenvalue weighted by molar-refractivity contribution is -0.121. The van der Waals surface area contributed by atoms with Crippen molar-refractivity contribution in [1.29, 1.82) is 0 Å². The van der Waals surface area contributed by atoms with E-state index in [4.69, 9.17) is 0 Å². The van der Waals surface area contributed by atoms with Crippen LogP contribution >= 0.6 is 0 Å². The van der Waals surface area contributed by atoms with Crippen molar-refractivity contribution in [1.82, 2.24) is 10.3 Å². The lowest BCUT2D eigenvalue weighted by atomic mass is 10.1. The van der Waals surface area contributed by atoms with E-state index in [-0.39, 0.29) is 11.5 Å². The molecule has 1 heterocycles. The number of carbonyl (C=O) groups is 1. The Kier molecular flexibility index (Phi) is 4.98. The zero-order chi connectivity index (χ0) is 17.8. The summed E-state index contributed by atoms with van der Waals surface area (Å²) in [5.41, 5.74) is 4.73. The van der Waals surface area contributed by atoms with E-state index >= 15 is 0 Å².